The van der Waals surface area contributed by atoms with Gasteiger partial charge in [-0.15, -0.1) is 0 Å². The van der Waals surface area contributed by atoms with Crippen LogP contribution in [0.5, 0.6) is 11.5 Å². The molecule has 0 aliphatic rings. The van der Waals surface area contributed by atoms with Gasteiger partial charge in [0.1, 0.15) is 11.5 Å². The number of rotatable bonds is 10. The van der Waals surface area contributed by atoms with E-state index >= 15 is 0 Å². The third-order valence-electron chi connectivity index (χ3n) is 6.15. The molecule has 0 aliphatic heterocycles. The lowest BCUT2D eigenvalue weighted by molar-refractivity contribution is -0.115. The van der Waals surface area contributed by atoms with E-state index < -0.39 is 11.3 Å². The Bertz CT molecular complexity index is 1750. The van der Waals surface area contributed by atoms with Crippen LogP contribution in [0.3, 0.4) is 0 Å². The molecule has 0 saturated carbocycles. The molecule has 0 bridgehead atoms. The van der Waals surface area contributed by atoms with E-state index in [0.29, 0.717) is 38.9 Å². The van der Waals surface area contributed by atoms with Crippen LogP contribution in [0.2, 0.25) is 5.02 Å². The van der Waals surface area contributed by atoms with Crippen LogP contribution in [-0.4, -0.2) is 38.9 Å². The van der Waals surface area contributed by atoms with Gasteiger partial charge in [-0.25, -0.2) is 9.97 Å². The number of nitrogens with zero attached hydrogens (tertiary/aromatic N) is 3. The molecule has 1 amide bonds. The Balaban J connectivity index is 1.52. The Labute approximate surface area is 249 Å². The zero-order chi connectivity index (χ0) is 29.6. The molecule has 5 rings (SSSR count). The van der Waals surface area contributed by atoms with E-state index in [9.17, 15) is 13.6 Å². The van der Waals surface area contributed by atoms with Crippen LogP contribution in [0.4, 0.5) is 28.7 Å². The van der Waals surface area contributed by atoms with Crippen LogP contribution in [0.25, 0.3) is 11.0 Å². The smallest absolute Gasteiger partial charge is 0.228 e. The van der Waals surface area contributed by atoms with Crippen molar-refractivity contribution >= 4 is 68.5 Å². The Morgan fingerprint density at radius 3 is 2.19 bits per heavy atom. The average molecular weight is 603 g/mol. The summed E-state index contributed by atoms with van der Waals surface area (Å²) in [5, 5.41) is 6.57. The van der Waals surface area contributed by atoms with Crippen LogP contribution in [-0.2, 0) is 22.5 Å². The van der Waals surface area contributed by atoms with E-state index in [-0.39, 0.29) is 29.7 Å². The van der Waals surface area contributed by atoms with Gasteiger partial charge in [0.25, 0.3) is 0 Å². The minimum absolute atomic E-state index is 0.0217. The molecule has 214 valence electrons. The number of hydrogen-bond donors (Lipinski definition) is 2. The molecule has 1 unspecified atom stereocenters. The fourth-order valence-electron chi connectivity index (χ4n) is 4.21. The van der Waals surface area contributed by atoms with Crippen molar-refractivity contribution in [2.75, 3.05) is 29.2 Å². The van der Waals surface area contributed by atoms with Gasteiger partial charge in [0.15, 0.2) is 11.6 Å². The zero-order valence-corrected chi connectivity index (χ0v) is 24.1. The molecular weight excluding hydrogens is 578 g/mol. The number of carbonyl (C=O) groups is 1. The minimum atomic E-state index is -2.82. The lowest BCUT2D eigenvalue weighted by Gasteiger charge is -2.27. The summed E-state index contributed by atoms with van der Waals surface area (Å²) >= 11 is 3.12. The summed E-state index contributed by atoms with van der Waals surface area (Å²) in [5.74, 6) is 0.972. The van der Waals surface area contributed by atoms with E-state index in [1.54, 1.807) is 84.9 Å². The summed E-state index contributed by atoms with van der Waals surface area (Å²) in [4.78, 5) is 22.1. The van der Waals surface area contributed by atoms with Crippen molar-refractivity contribution in [2.45, 2.75) is 6.42 Å². The molecule has 1 atom stereocenters. The molecule has 42 heavy (non-hydrogen) atoms. The molecular formula is C30H25ClN5O5S-. The van der Waals surface area contributed by atoms with Gasteiger partial charge in [-0.3, -0.25) is 13.3 Å². The third kappa shape index (κ3) is 6.77. The first-order valence-electron chi connectivity index (χ1n) is 12.6. The van der Waals surface area contributed by atoms with Crippen molar-refractivity contribution in [2.24, 2.45) is 0 Å². The standard InChI is InChI=1S/C30H26ClN5O5S/c1-40-24-16-22(17-25(18-24)41-2)33-29-30(35-27-9-4-3-8-26(27)34-29)36(42(38)39)23-7-5-6-21(15-23)32-28(37)14-19-10-12-20(31)13-11-19/h3-13,15-18H,14H2,1-2H3,(H,32,37)(H,33,34)(H,38,39)/p-1. The van der Waals surface area contributed by atoms with E-state index in [2.05, 4.69) is 20.6 Å². The van der Waals surface area contributed by atoms with Crippen molar-refractivity contribution in [1.29, 1.82) is 0 Å². The highest BCUT2D eigenvalue weighted by Gasteiger charge is 2.21. The Kier molecular flexibility index (Phi) is 8.82. The second kappa shape index (κ2) is 12.9. The first-order valence-corrected chi connectivity index (χ1v) is 14.0. The topological polar surface area (TPSA) is 129 Å². The normalized spacial score (nSPS) is 11.5. The number of carbonyl (C=O) groups excluding carboxylic acids is 1. The Morgan fingerprint density at radius 2 is 1.55 bits per heavy atom. The molecule has 4 aromatic carbocycles. The summed E-state index contributed by atoms with van der Waals surface area (Å²) in [6, 6.07) is 25.7. The van der Waals surface area contributed by atoms with E-state index in [4.69, 9.17) is 21.1 Å². The number of anilines is 5. The molecule has 0 radical (unpaired) electrons. The molecule has 5 aromatic rings. The van der Waals surface area contributed by atoms with Crippen molar-refractivity contribution < 1.29 is 23.0 Å². The summed E-state index contributed by atoms with van der Waals surface area (Å²) in [7, 11) is 3.06. The van der Waals surface area contributed by atoms with Crippen LogP contribution in [0.1, 0.15) is 5.56 Å². The van der Waals surface area contributed by atoms with Crippen molar-refractivity contribution in [3.63, 3.8) is 0 Å². The lowest BCUT2D eigenvalue weighted by atomic mass is 10.1. The molecule has 2 N–H and O–H groups in total. The van der Waals surface area contributed by atoms with Crippen molar-refractivity contribution in [3.05, 3.63) is 102 Å². The maximum Gasteiger partial charge on any atom is 0.228 e. The Morgan fingerprint density at radius 1 is 0.881 bits per heavy atom. The lowest BCUT2D eigenvalue weighted by Crippen LogP contribution is -2.23. The van der Waals surface area contributed by atoms with Gasteiger partial charge in [0.2, 0.25) is 5.91 Å². The van der Waals surface area contributed by atoms with Crippen LogP contribution < -0.4 is 24.4 Å². The minimum Gasteiger partial charge on any atom is -0.755 e. The molecule has 0 saturated heterocycles. The number of nitrogens with one attached hydrogen (secondary N) is 2. The highest BCUT2D eigenvalue weighted by atomic mass is 35.5. The molecule has 1 heterocycles. The van der Waals surface area contributed by atoms with Crippen molar-refractivity contribution in [3.8, 4) is 11.5 Å². The van der Waals surface area contributed by atoms with Crippen LogP contribution >= 0.6 is 11.6 Å². The van der Waals surface area contributed by atoms with Crippen LogP contribution in [0.15, 0.2) is 91.0 Å². The summed E-state index contributed by atoms with van der Waals surface area (Å²) < 4.78 is 37.2. The van der Waals surface area contributed by atoms with Gasteiger partial charge in [-0.1, -0.05) is 41.9 Å². The van der Waals surface area contributed by atoms with Gasteiger partial charge in [0.05, 0.1) is 48.6 Å². The number of hydrogen-bond acceptors (Lipinski definition) is 8. The number of halogens is 1. The quantitative estimate of drug-likeness (QED) is 0.182. The molecule has 0 fully saturated rings. The van der Waals surface area contributed by atoms with Gasteiger partial charge < -0.3 is 24.7 Å². The van der Waals surface area contributed by atoms with Gasteiger partial charge in [0, 0.05) is 34.6 Å². The average Bonchev–Trinajstić information content (AvgIpc) is 2.98. The van der Waals surface area contributed by atoms with E-state index in [1.807, 2.05) is 6.07 Å². The van der Waals surface area contributed by atoms with E-state index in [0.717, 1.165) is 9.87 Å². The number of fused-ring (bicyclic) bond motifs is 1. The van der Waals surface area contributed by atoms with Gasteiger partial charge >= 0.3 is 0 Å². The van der Waals surface area contributed by atoms with Crippen LogP contribution in [0, 0.1) is 0 Å². The number of aromatic nitrogens is 2. The maximum atomic E-state index is 12.7. The number of ether oxygens (including phenoxy) is 2. The maximum absolute atomic E-state index is 12.7. The molecule has 0 aliphatic carbocycles. The first-order chi connectivity index (χ1) is 20.3. The number of methoxy groups -OCH3 is 2. The molecule has 1 aromatic heterocycles. The molecule has 12 heteroatoms. The van der Waals surface area contributed by atoms with Gasteiger partial charge in [-0.2, -0.15) is 0 Å². The highest BCUT2D eigenvalue weighted by molar-refractivity contribution is 7.81. The SMILES string of the molecule is COc1cc(Nc2nc3ccccc3nc2N(c2cccc(NC(=O)Cc3ccc(Cl)cc3)c2)S(=O)[O-])cc(OC)c1. The summed E-state index contributed by atoms with van der Waals surface area (Å²) in [5.41, 5.74) is 3.01. The largest absolute Gasteiger partial charge is 0.755 e. The third-order valence-corrected chi connectivity index (χ3v) is 7.08. The highest BCUT2D eigenvalue weighted by Crippen LogP contribution is 2.36. The molecule has 10 nitrogen and oxygen atoms in total. The monoisotopic (exact) mass is 602 g/mol. The first kappa shape index (κ1) is 28.8. The second-order valence-corrected chi connectivity index (χ2v) is 10.3. The molecule has 0 spiro atoms. The Hall–Kier alpha value is -4.71. The zero-order valence-electron chi connectivity index (χ0n) is 22.5. The number of amides is 1. The number of para-hydroxylation sites is 2. The predicted molar refractivity (Wildman–Crippen MR) is 164 cm³/mol. The predicted octanol–water partition coefficient (Wildman–Crippen LogP) is 6.16. The summed E-state index contributed by atoms with van der Waals surface area (Å²) in [6.07, 6.45) is 0.118. The number of benzene rings is 4. The van der Waals surface area contributed by atoms with Gasteiger partial charge in [-0.05, 0) is 48.0 Å². The summed E-state index contributed by atoms with van der Waals surface area (Å²) in [6.45, 7) is 0. The fraction of sp³-hybridized carbons (Fsp3) is 0.100. The van der Waals surface area contributed by atoms with E-state index in [1.165, 1.54) is 14.2 Å². The fourth-order valence-corrected chi connectivity index (χ4v) is 4.89. The second-order valence-electron chi connectivity index (χ2n) is 9.02. The van der Waals surface area contributed by atoms with Crippen molar-refractivity contribution in [1.82, 2.24) is 9.97 Å².